The van der Waals surface area contributed by atoms with E-state index in [1.165, 1.54) is 11.1 Å². The zero-order valence-corrected chi connectivity index (χ0v) is 22.2. The molecular weight excluding hydrogens is 458 g/mol. The van der Waals surface area contributed by atoms with Gasteiger partial charge in [-0.3, -0.25) is 4.79 Å². The Labute approximate surface area is 220 Å². The highest BCUT2D eigenvalue weighted by atomic mass is 16.5. The molecule has 5 heteroatoms. The van der Waals surface area contributed by atoms with Crippen molar-refractivity contribution in [3.05, 3.63) is 95.8 Å². The fourth-order valence-corrected chi connectivity index (χ4v) is 4.59. The summed E-state index contributed by atoms with van der Waals surface area (Å²) in [5.41, 5.74) is 4.31. The van der Waals surface area contributed by atoms with Gasteiger partial charge in [0.25, 0.3) is 5.91 Å². The average Bonchev–Trinajstić information content (AvgIpc) is 3.30. The van der Waals surface area contributed by atoms with Gasteiger partial charge in [-0.15, -0.1) is 0 Å². The van der Waals surface area contributed by atoms with Crippen LogP contribution in [0.1, 0.15) is 73.6 Å². The topological polar surface area (TPSA) is 56.1 Å². The van der Waals surface area contributed by atoms with Crippen LogP contribution in [0.5, 0.6) is 5.75 Å². The summed E-state index contributed by atoms with van der Waals surface area (Å²) in [6.07, 6.45) is 6.05. The Morgan fingerprint density at radius 2 is 1.68 bits per heavy atom. The second-order valence-corrected chi connectivity index (χ2v) is 9.68. The first-order chi connectivity index (χ1) is 18.2. The van der Waals surface area contributed by atoms with Crippen LogP contribution < -0.4 is 10.1 Å². The Hall–Kier alpha value is -3.60. The molecule has 1 aromatic heterocycles. The highest BCUT2D eigenvalue weighted by Crippen LogP contribution is 2.22. The average molecular weight is 498 g/mol. The monoisotopic (exact) mass is 497 g/mol. The normalized spacial score (nSPS) is 11.9. The summed E-state index contributed by atoms with van der Waals surface area (Å²) in [5.74, 6) is 2.64. The van der Waals surface area contributed by atoms with Gasteiger partial charge in [0.1, 0.15) is 11.6 Å². The van der Waals surface area contributed by atoms with Crippen LogP contribution >= 0.6 is 0 Å². The Morgan fingerprint density at radius 3 is 2.46 bits per heavy atom. The van der Waals surface area contributed by atoms with Gasteiger partial charge in [-0.2, -0.15) is 0 Å². The molecule has 0 aliphatic heterocycles. The number of hydrogen-bond acceptors (Lipinski definition) is 3. The van der Waals surface area contributed by atoms with Crippen molar-refractivity contribution in [2.24, 2.45) is 0 Å². The summed E-state index contributed by atoms with van der Waals surface area (Å²) in [7, 11) is 0. The molecule has 0 aliphatic carbocycles. The molecule has 4 aromatic rings. The van der Waals surface area contributed by atoms with Crippen molar-refractivity contribution in [1.82, 2.24) is 14.9 Å². The van der Waals surface area contributed by atoms with E-state index in [0.29, 0.717) is 24.6 Å². The number of amides is 1. The van der Waals surface area contributed by atoms with E-state index in [-0.39, 0.29) is 5.91 Å². The molecule has 1 unspecified atom stereocenters. The lowest BCUT2D eigenvalue weighted by atomic mass is 9.99. The number of rotatable bonds is 14. The molecule has 0 aliphatic rings. The lowest BCUT2D eigenvalue weighted by Crippen LogP contribution is -2.24. The van der Waals surface area contributed by atoms with Crippen molar-refractivity contribution in [3.8, 4) is 5.75 Å². The number of nitrogens with one attached hydrogen (secondary N) is 1. The summed E-state index contributed by atoms with van der Waals surface area (Å²) < 4.78 is 8.38. The molecule has 0 bridgehead atoms. The van der Waals surface area contributed by atoms with Crippen molar-refractivity contribution in [1.29, 1.82) is 0 Å². The number of aryl methyl sites for hydroxylation is 2. The predicted molar refractivity (Wildman–Crippen MR) is 151 cm³/mol. The number of benzene rings is 3. The van der Waals surface area contributed by atoms with Crippen molar-refractivity contribution >= 4 is 16.9 Å². The molecule has 0 radical (unpaired) electrons. The summed E-state index contributed by atoms with van der Waals surface area (Å²) in [6, 6.07) is 26.3. The van der Waals surface area contributed by atoms with E-state index in [1.807, 2.05) is 36.4 Å². The maximum atomic E-state index is 12.2. The van der Waals surface area contributed by atoms with Crippen LogP contribution in [0.4, 0.5) is 0 Å². The molecule has 3 aromatic carbocycles. The molecule has 5 nitrogen and oxygen atoms in total. The smallest absolute Gasteiger partial charge is 0.251 e. The van der Waals surface area contributed by atoms with Gasteiger partial charge in [0, 0.05) is 25.1 Å². The van der Waals surface area contributed by atoms with Gasteiger partial charge in [-0.05, 0) is 73.6 Å². The van der Waals surface area contributed by atoms with E-state index < -0.39 is 0 Å². The summed E-state index contributed by atoms with van der Waals surface area (Å²) in [6.45, 7) is 6.73. The summed E-state index contributed by atoms with van der Waals surface area (Å²) in [5, 5.41) is 3.02. The third-order valence-electron chi connectivity index (χ3n) is 6.99. The minimum Gasteiger partial charge on any atom is -0.494 e. The van der Waals surface area contributed by atoms with Crippen LogP contribution in [0.15, 0.2) is 78.9 Å². The third kappa shape index (κ3) is 7.45. The van der Waals surface area contributed by atoms with Crippen LogP contribution in [0.3, 0.4) is 0 Å². The van der Waals surface area contributed by atoms with E-state index in [4.69, 9.17) is 9.72 Å². The number of unbranched alkanes of at least 4 members (excludes halogenated alkanes) is 2. The zero-order chi connectivity index (χ0) is 25.9. The fourth-order valence-electron chi connectivity index (χ4n) is 4.59. The molecule has 1 heterocycles. The molecule has 0 spiro atoms. The molecule has 37 heavy (non-hydrogen) atoms. The number of imidazole rings is 1. The Bertz CT molecular complexity index is 1250. The number of ether oxygens (including phenoxy) is 1. The summed E-state index contributed by atoms with van der Waals surface area (Å²) in [4.78, 5) is 17.1. The minimum atomic E-state index is -0.00364. The number of nitrogens with zero attached hydrogens (tertiary/aromatic N) is 2. The number of carbonyl (C=O) groups is 1. The van der Waals surface area contributed by atoms with E-state index in [9.17, 15) is 4.79 Å². The number of fused-ring (bicyclic) bond motifs is 1. The lowest BCUT2D eigenvalue weighted by Gasteiger charge is -2.12. The first-order valence-corrected chi connectivity index (χ1v) is 13.7. The summed E-state index contributed by atoms with van der Waals surface area (Å²) >= 11 is 0. The van der Waals surface area contributed by atoms with Gasteiger partial charge in [0.15, 0.2) is 0 Å². The molecular formula is C32H39N3O2. The Morgan fingerprint density at radius 1 is 0.919 bits per heavy atom. The van der Waals surface area contributed by atoms with E-state index >= 15 is 0 Å². The van der Waals surface area contributed by atoms with Gasteiger partial charge in [-0.1, -0.05) is 62.7 Å². The first kappa shape index (κ1) is 26.5. The quantitative estimate of drug-likeness (QED) is 0.188. The first-order valence-electron chi connectivity index (χ1n) is 13.7. The van der Waals surface area contributed by atoms with Crippen LogP contribution in [0, 0.1) is 0 Å². The van der Waals surface area contributed by atoms with Crippen molar-refractivity contribution in [3.63, 3.8) is 0 Å². The minimum absolute atomic E-state index is 0.00364. The number of aromatic nitrogens is 2. The van der Waals surface area contributed by atoms with E-state index in [1.54, 1.807) is 0 Å². The van der Waals surface area contributed by atoms with Gasteiger partial charge in [0.2, 0.25) is 0 Å². The Kier molecular flexibility index (Phi) is 9.75. The highest BCUT2D eigenvalue weighted by Gasteiger charge is 2.11. The van der Waals surface area contributed by atoms with Gasteiger partial charge >= 0.3 is 0 Å². The SMILES string of the molecule is CCC(C)c1ccc(OCCCn2c(CCCCCNC(=O)c3ccccc3)nc3ccccc32)cc1. The van der Waals surface area contributed by atoms with Crippen LogP contribution in [-0.4, -0.2) is 28.6 Å². The van der Waals surface area contributed by atoms with Gasteiger partial charge in [0.05, 0.1) is 17.6 Å². The molecule has 1 atom stereocenters. The molecule has 4 rings (SSSR count). The number of hydrogen-bond donors (Lipinski definition) is 1. The van der Waals surface area contributed by atoms with Crippen LogP contribution in [0.25, 0.3) is 11.0 Å². The third-order valence-corrected chi connectivity index (χ3v) is 6.99. The van der Waals surface area contributed by atoms with Crippen molar-refractivity contribution in [2.75, 3.05) is 13.2 Å². The number of para-hydroxylation sites is 2. The molecule has 0 saturated carbocycles. The van der Waals surface area contributed by atoms with E-state index in [2.05, 4.69) is 66.2 Å². The van der Waals surface area contributed by atoms with Crippen LogP contribution in [0.2, 0.25) is 0 Å². The highest BCUT2D eigenvalue weighted by molar-refractivity contribution is 5.94. The molecule has 1 N–H and O–H groups in total. The Balaban J connectivity index is 1.23. The maximum Gasteiger partial charge on any atom is 0.251 e. The second kappa shape index (κ2) is 13.6. The van der Waals surface area contributed by atoms with Crippen molar-refractivity contribution in [2.45, 2.75) is 64.8 Å². The maximum absolute atomic E-state index is 12.2. The number of carbonyl (C=O) groups excluding carboxylic acids is 1. The standard InChI is InChI=1S/C32H39N3O2/c1-3-25(2)26-18-20-28(21-19-26)37-24-12-23-35-30-16-10-9-15-29(30)34-31(35)17-8-5-11-22-33-32(36)27-13-6-4-7-14-27/h4,6-7,9-10,13-16,18-21,25H,3,5,8,11-12,17,22-24H2,1-2H3,(H,33,36). The molecule has 1 amide bonds. The molecule has 194 valence electrons. The fraction of sp³-hybridized carbons (Fsp3) is 0.375. The largest absolute Gasteiger partial charge is 0.494 e. The zero-order valence-electron chi connectivity index (χ0n) is 22.2. The van der Waals surface area contributed by atoms with Gasteiger partial charge in [-0.25, -0.2) is 4.98 Å². The van der Waals surface area contributed by atoms with E-state index in [0.717, 1.165) is 62.2 Å². The second-order valence-electron chi connectivity index (χ2n) is 9.68. The van der Waals surface area contributed by atoms with Gasteiger partial charge < -0.3 is 14.6 Å². The van der Waals surface area contributed by atoms with Crippen molar-refractivity contribution < 1.29 is 9.53 Å². The predicted octanol–water partition coefficient (Wildman–Crippen LogP) is 7.16. The molecule has 0 saturated heterocycles. The van der Waals surface area contributed by atoms with Crippen LogP contribution in [-0.2, 0) is 13.0 Å². The molecule has 0 fully saturated rings. The lowest BCUT2D eigenvalue weighted by molar-refractivity contribution is 0.0953.